The van der Waals surface area contributed by atoms with Gasteiger partial charge in [-0.1, -0.05) is 18.2 Å². The fraction of sp³-hybridized carbons (Fsp3) is 0.300. The monoisotopic (exact) mass is 166 g/mol. The van der Waals surface area contributed by atoms with Crippen LogP contribution in [-0.4, -0.2) is 6.29 Å². The summed E-state index contributed by atoms with van der Waals surface area (Å²) in [5, 5.41) is 0. The fourth-order valence-corrected chi connectivity index (χ4v) is 1.08. The van der Waals surface area contributed by atoms with E-state index in [4.69, 9.17) is 0 Å². The van der Waals surface area contributed by atoms with Crippen molar-refractivity contribution in [1.29, 1.82) is 0 Å². The van der Waals surface area contributed by atoms with Crippen molar-refractivity contribution in [2.45, 2.75) is 19.3 Å². The lowest BCUT2D eigenvalue weighted by molar-refractivity contribution is -0.107. The van der Waals surface area contributed by atoms with Crippen LogP contribution >= 0.6 is 0 Å². The van der Waals surface area contributed by atoms with E-state index in [0.29, 0.717) is 18.4 Å². The molecule has 0 aliphatic rings. The third kappa shape index (κ3) is 2.46. The molecule has 1 rings (SSSR count). The highest BCUT2D eigenvalue weighted by Gasteiger charge is 1.98. The van der Waals surface area contributed by atoms with Crippen molar-refractivity contribution in [3.63, 3.8) is 0 Å². The Morgan fingerprint density at radius 1 is 1.33 bits per heavy atom. The van der Waals surface area contributed by atoms with Crippen molar-refractivity contribution in [2.24, 2.45) is 0 Å². The largest absolute Gasteiger partial charge is 0.303 e. The van der Waals surface area contributed by atoms with Gasteiger partial charge in [0.15, 0.2) is 0 Å². The van der Waals surface area contributed by atoms with Crippen LogP contribution in [0.15, 0.2) is 24.3 Å². The molecule has 0 radical (unpaired) electrons. The van der Waals surface area contributed by atoms with E-state index in [0.717, 1.165) is 12.7 Å². The molecule has 0 amide bonds. The van der Waals surface area contributed by atoms with Gasteiger partial charge in [0.05, 0.1) is 0 Å². The number of hydrogen-bond acceptors (Lipinski definition) is 1. The lowest BCUT2D eigenvalue weighted by atomic mass is 10.1. The van der Waals surface area contributed by atoms with Crippen LogP contribution in [0.25, 0.3) is 0 Å². The summed E-state index contributed by atoms with van der Waals surface area (Å²) < 4.78 is 12.9. The molecule has 0 unspecified atom stereocenters. The molecule has 12 heavy (non-hydrogen) atoms. The molecule has 0 N–H and O–H groups in total. The van der Waals surface area contributed by atoms with E-state index in [1.807, 2.05) is 0 Å². The lowest BCUT2D eigenvalue weighted by Gasteiger charge is -1.99. The molecule has 0 aliphatic heterocycles. The molecule has 64 valence electrons. The highest BCUT2D eigenvalue weighted by Crippen LogP contribution is 2.09. The Hall–Kier alpha value is -1.18. The number of benzene rings is 1. The van der Waals surface area contributed by atoms with Crippen molar-refractivity contribution in [3.05, 3.63) is 35.6 Å². The summed E-state index contributed by atoms with van der Waals surface area (Å²) in [5.74, 6) is -0.177. The molecule has 0 saturated carbocycles. The van der Waals surface area contributed by atoms with E-state index in [1.54, 1.807) is 18.2 Å². The van der Waals surface area contributed by atoms with Crippen LogP contribution in [-0.2, 0) is 11.2 Å². The first-order chi connectivity index (χ1) is 5.84. The minimum atomic E-state index is -0.177. The van der Waals surface area contributed by atoms with Crippen molar-refractivity contribution < 1.29 is 9.18 Å². The predicted octanol–water partition coefficient (Wildman–Crippen LogP) is 2.35. The molecule has 0 atom stereocenters. The van der Waals surface area contributed by atoms with Crippen LogP contribution in [0.4, 0.5) is 4.39 Å². The van der Waals surface area contributed by atoms with E-state index >= 15 is 0 Å². The van der Waals surface area contributed by atoms with Crippen LogP contribution in [0.3, 0.4) is 0 Å². The predicted molar refractivity (Wildman–Crippen MR) is 45.4 cm³/mol. The maximum absolute atomic E-state index is 12.9. The summed E-state index contributed by atoms with van der Waals surface area (Å²) in [6, 6.07) is 6.66. The number of rotatable bonds is 4. The van der Waals surface area contributed by atoms with Crippen LogP contribution in [0.5, 0.6) is 0 Å². The lowest BCUT2D eigenvalue weighted by Crippen LogP contribution is -1.90. The van der Waals surface area contributed by atoms with Gasteiger partial charge in [-0.2, -0.15) is 0 Å². The summed E-state index contributed by atoms with van der Waals surface area (Å²) >= 11 is 0. The second-order valence-electron chi connectivity index (χ2n) is 2.65. The number of halogens is 1. The van der Waals surface area contributed by atoms with E-state index in [2.05, 4.69) is 0 Å². The topological polar surface area (TPSA) is 17.1 Å². The van der Waals surface area contributed by atoms with Crippen LogP contribution < -0.4 is 0 Å². The number of carbonyl (C=O) groups excluding carboxylic acids is 1. The Labute approximate surface area is 71.2 Å². The molecule has 0 fully saturated rings. The normalized spacial score (nSPS) is 9.75. The first kappa shape index (κ1) is 8.91. The molecule has 0 spiro atoms. The molecule has 2 heteroatoms. The Morgan fingerprint density at radius 3 is 2.75 bits per heavy atom. The van der Waals surface area contributed by atoms with Crippen LogP contribution in [0, 0.1) is 5.82 Å². The van der Waals surface area contributed by atoms with E-state index in [1.165, 1.54) is 6.07 Å². The Morgan fingerprint density at radius 2 is 2.08 bits per heavy atom. The molecule has 1 aromatic carbocycles. The summed E-state index contributed by atoms with van der Waals surface area (Å²) in [6.07, 6.45) is 2.74. The molecule has 0 bridgehead atoms. The van der Waals surface area contributed by atoms with Gasteiger partial charge in [0.1, 0.15) is 12.1 Å². The average molecular weight is 166 g/mol. The van der Waals surface area contributed by atoms with Gasteiger partial charge < -0.3 is 4.79 Å². The quantitative estimate of drug-likeness (QED) is 0.495. The van der Waals surface area contributed by atoms with Gasteiger partial charge in [0, 0.05) is 6.42 Å². The summed E-state index contributed by atoms with van der Waals surface area (Å²) in [4.78, 5) is 9.99. The second-order valence-corrected chi connectivity index (χ2v) is 2.65. The number of carbonyl (C=O) groups is 1. The third-order valence-electron chi connectivity index (χ3n) is 1.73. The summed E-state index contributed by atoms with van der Waals surface area (Å²) in [7, 11) is 0. The second kappa shape index (κ2) is 4.65. The van der Waals surface area contributed by atoms with Gasteiger partial charge in [0.2, 0.25) is 0 Å². The first-order valence-corrected chi connectivity index (χ1v) is 4.01. The maximum Gasteiger partial charge on any atom is 0.126 e. The Kier molecular flexibility index (Phi) is 3.45. The van der Waals surface area contributed by atoms with Crippen molar-refractivity contribution in [1.82, 2.24) is 0 Å². The summed E-state index contributed by atoms with van der Waals surface area (Å²) in [6.45, 7) is 0. The molecule has 1 aromatic rings. The number of unbranched alkanes of at least 4 members (excludes halogenated alkanes) is 1. The number of aryl methyl sites for hydroxylation is 1. The van der Waals surface area contributed by atoms with Gasteiger partial charge in [-0.15, -0.1) is 0 Å². The number of aldehydes is 1. The third-order valence-corrected chi connectivity index (χ3v) is 1.73. The zero-order chi connectivity index (χ0) is 8.81. The van der Waals surface area contributed by atoms with Gasteiger partial charge in [-0.05, 0) is 24.5 Å². The smallest absolute Gasteiger partial charge is 0.126 e. The van der Waals surface area contributed by atoms with Crippen molar-refractivity contribution in [2.75, 3.05) is 0 Å². The van der Waals surface area contributed by atoms with E-state index in [-0.39, 0.29) is 5.82 Å². The van der Waals surface area contributed by atoms with Crippen molar-refractivity contribution >= 4 is 6.29 Å². The Bertz CT molecular complexity index is 258. The maximum atomic E-state index is 12.9. The standard InChI is InChI=1S/C10H11FO/c11-10-7-2-1-5-9(10)6-3-4-8-12/h1-2,5,7-8H,3-4,6H2. The molecule has 0 saturated heterocycles. The zero-order valence-electron chi connectivity index (χ0n) is 6.79. The molecule has 0 heterocycles. The van der Waals surface area contributed by atoms with Gasteiger partial charge in [0.25, 0.3) is 0 Å². The van der Waals surface area contributed by atoms with Gasteiger partial charge in [-0.25, -0.2) is 4.39 Å². The molecular formula is C10H11FO. The van der Waals surface area contributed by atoms with Gasteiger partial charge >= 0.3 is 0 Å². The van der Waals surface area contributed by atoms with E-state index < -0.39 is 0 Å². The molecule has 1 nitrogen and oxygen atoms in total. The van der Waals surface area contributed by atoms with Crippen molar-refractivity contribution in [3.8, 4) is 0 Å². The molecular weight excluding hydrogens is 155 g/mol. The molecule has 0 aromatic heterocycles. The summed E-state index contributed by atoms with van der Waals surface area (Å²) in [5.41, 5.74) is 0.694. The minimum Gasteiger partial charge on any atom is -0.303 e. The zero-order valence-corrected chi connectivity index (χ0v) is 6.79. The highest BCUT2D eigenvalue weighted by atomic mass is 19.1. The number of hydrogen-bond donors (Lipinski definition) is 0. The van der Waals surface area contributed by atoms with Crippen LogP contribution in [0.2, 0.25) is 0 Å². The minimum absolute atomic E-state index is 0.177. The SMILES string of the molecule is O=CCCCc1ccccc1F. The van der Waals surface area contributed by atoms with E-state index in [9.17, 15) is 9.18 Å². The van der Waals surface area contributed by atoms with Gasteiger partial charge in [-0.3, -0.25) is 0 Å². The Balaban J connectivity index is 2.51. The fourth-order valence-electron chi connectivity index (χ4n) is 1.08. The highest BCUT2D eigenvalue weighted by molar-refractivity contribution is 5.49. The average Bonchev–Trinajstić information content (AvgIpc) is 2.09. The first-order valence-electron chi connectivity index (χ1n) is 4.01. The molecule has 0 aliphatic carbocycles. The van der Waals surface area contributed by atoms with Crippen LogP contribution in [0.1, 0.15) is 18.4 Å².